The summed E-state index contributed by atoms with van der Waals surface area (Å²) in [5.41, 5.74) is 15.3. The number of methoxy groups -OCH3 is 2. The van der Waals surface area contributed by atoms with Gasteiger partial charge in [0, 0.05) is 12.8 Å². The standard InChI is InChI=1S/C36H40N4O4.Cu/c1-9-23-19(3)27-15-28-21(5)25(11-13-35(41)43-7)33(39-28)18-34-26(12-14-36(42)44-8)22(6)30(40-34)17-32-24(10-2)20(4)29(38-32)16-31(23)37-27;/h15-18H,9-14H2,1-8H3;/q-2;+2. The Kier molecular flexibility index (Phi) is 10.6. The Morgan fingerprint density at radius 2 is 1.02 bits per heavy atom. The molecule has 3 aromatic rings. The zero-order chi connectivity index (χ0) is 31.7. The van der Waals surface area contributed by atoms with Crippen LogP contribution < -0.4 is 9.97 Å². The van der Waals surface area contributed by atoms with Gasteiger partial charge in [0.2, 0.25) is 0 Å². The molecule has 9 heteroatoms. The Balaban J connectivity index is 0.00000461. The van der Waals surface area contributed by atoms with Crippen LogP contribution >= 0.6 is 0 Å². The first-order valence-corrected chi connectivity index (χ1v) is 15.3. The second kappa shape index (κ2) is 14.0. The molecule has 5 rings (SSSR count). The smallest absolute Gasteiger partial charge is 0.657 e. The van der Waals surface area contributed by atoms with E-state index in [1.807, 2.05) is 26.0 Å². The van der Waals surface area contributed by atoms with Gasteiger partial charge in [-0.25, -0.2) is 9.97 Å². The van der Waals surface area contributed by atoms with E-state index in [1.165, 1.54) is 25.4 Å². The molecule has 0 unspecified atom stereocenters. The van der Waals surface area contributed by atoms with Crippen molar-refractivity contribution in [3.63, 3.8) is 0 Å². The molecule has 0 saturated heterocycles. The van der Waals surface area contributed by atoms with Crippen molar-refractivity contribution in [1.29, 1.82) is 0 Å². The van der Waals surface area contributed by atoms with Crippen LogP contribution in [-0.2, 0) is 49.0 Å². The molecule has 0 N–H and O–H groups in total. The van der Waals surface area contributed by atoms with Crippen LogP contribution in [0.4, 0.5) is 0 Å². The van der Waals surface area contributed by atoms with E-state index in [0.717, 1.165) is 91.1 Å². The number of ether oxygens (including phenoxy) is 2. The van der Waals surface area contributed by atoms with Gasteiger partial charge in [-0.3, -0.25) is 9.59 Å². The van der Waals surface area contributed by atoms with Crippen molar-refractivity contribution < 1.29 is 36.1 Å². The van der Waals surface area contributed by atoms with E-state index in [1.54, 1.807) is 0 Å². The quantitative estimate of drug-likeness (QED) is 0.187. The average molecular weight is 656 g/mol. The topological polar surface area (TPSA) is 107 Å². The van der Waals surface area contributed by atoms with E-state index in [4.69, 9.17) is 29.4 Å². The van der Waals surface area contributed by atoms with Gasteiger partial charge in [-0.2, -0.15) is 0 Å². The zero-order valence-corrected chi connectivity index (χ0v) is 28.2. The summed E-state index contributed by atoms with van der Waals surface area (Å²) in [6, 6.07) is 8.19. The number of aryl methyl sites for hydroxylation is 4. The third-order valence-corrected chi connectivity index (χ3v) is 8.96. The maximum absolute atomic E-state index is 12.2. The Morgan fingerprint density at radius 1 is 0.622 bits per heavy atom. The van der Waals surface area contributed by atoms with Crippen molar-refractivity contribution in [3.05, 3.63) is 69.3 Å². The summed E-state index contributed by atoms with van der Waals surface area (Å²) in [7, 11) is 2.80. The number of esters is 2. The summed E-state index contributed by atoms with van der Waals surface area (Å²) in [5.74, 6) is -0.550. The van der Waals surface area contributed by atoms with Crippen molar-refractivity contribution in [2.45, 2.75) is 80.1 Å². The van der Waals surface area contributed by atoms with E-state index in [2.05, 4.69) is 39.8 Å². The van der Waals surface area contributed by atoms with Crippen LogP contribution in [0.3, 0.4) is 0 Å². The average Bonchev–Trinajstić information content (AvgIpc) is 3.67. The van der Waals surface area contributed by atoms with E-state index in [0.29, 0.717) is 12.8 Å². The van der Waals surface area contributed by atoms with Crippen molar-refractivity contribution in [2.75, 3.05) is 14.2 Å². The van der Waals surface area contributed by atoms with Crippen LogP contribution in [0.2, 0.25) is 0 Å². The summed E-state index contributed by atoms with van der Waals surface area (Å²) in [4.78, 5) is 44.6. The second-order valence-corrected chi connectivity index (χ2v) is 11.4. The SMILES string of the molecule is CCC1=C(C)c2cc3[n-]c(cc4[n-]c(cc5nc(cc1n2)C(C)=C5CC)c(C)c4CCC(=O)OC)c(CCC(=O)OC)c3C.[Cu+2]. The van der Waals surface area contributed by atoms with Crippen molar-refractivity contribution in [2.24, 2.45) is 0 Å². The molecule has 2 aliphatic rings. The number of allylic oxidation sites excluding steroid dienone is 4. The minimum absolute atomic E-state index is 0. The van der Waals surface area contributed by atoms with Crippen LogP contribution in [0.25, 0.3) is 44.4 Å². The van der Waals surface area contributed by atoms with Gasteiger partial charge in [0.05, 0.1) is 37.0 Å². The van der Waals surface area contributed by atoms with Crippen LogP contribution in [0, 0.1) is 13.8 Å². The van der Waals surface area contributed by atoms with Gasteiger partial charge < -0.3 is 19.4 Å². The van der Waals surface area contributed by atoms with E-state index in [-0.39, 0.29) is 41.8 Å². The van der Waals surface area contributed by atoms with Crippen LogP contribution in [-0.4, -0.2) is 36.1 Å². The Hall–Kier alpha value is -3.94. The molecule has 0 amide bonds. The molecule has 0 aromatic carbocycles. The number of rotatable bonds is 8. The van der Waals surface area contributed by atoms with Crippen molar-refractivity contribution in [3.8, 4) is 0 Å². The molecular weight excluding hydrogens is 616 g/mol. The molecule has 8 nitrogen and oxygen atoms in total. The summed E-state index contributed by atoms with van der Waals surface area (Å²) >= 11 is 0. The Labute approximate surface area is 275 Å². The van der Waals surface area contributed by atoms with Gasteiger partial charge in [-0.1, -0.05) is 54.3 Å². The number of carbonyl (C=O) groups excluding carboxylic acids is 2. The van der Waals surface area contributed by atoms with E-state index < -0.39 is 0 Å². The maximum atomic E-state index is 12.2. The molecule has 8 bridgehead atoms. The normalized spacial score (nSPS) is 12.8. The molecule has 2 aliphatic heterocycles. The molecule has 0 aliphatic carbocycles. The van der Waals surface area contributed by atoms with E-state index in [9.17, 15) is 9.59 Å². The number of hydrogen-bond donors (Lipinski definition) is 0. The first kappa shape index (κ1) is 33.9. The van der Waals surface area contributed by atoms with Crippen LogP contribution in [0.1, 0.15) is 98.4 Å². The first-order chi connectivity index (χ1) is 21.1. The third-order valence-electron chi connectivity index (χ3n) is 8.96. The van der Waals surface area contributed by atoms with Gasteiger partial charge in [-0.15, -0.1) is 22.1 Å². The molecule has 0 atom stereocenters. The minimum atomic E-state index is -0.275. The molecule has 0 saturated carbocycles. The fourth-order valence-corrected chi connectivity index (χ4v) is 6.25. The summed E-state index contributed by atoms with van der Waals surface area (Å²) in [6.45, 7) is 12.6. The van der Waals surface area contributed by atoms with Gasteiger partial charge in [0.1, 0.15) is 0 Å². The van der Waals surface area contributed by atoms with Gasteiger partial charge >= 0.3 is 29.0 Å². The van der Waals surface area contributed by atoms with E-state index >= 15 is 0 Å². The number of hydrogen-bond acceptors (Lipinski definition) is 6. The summed E-state index contributed by atoms with van der Waals surface area (Å²) < 4.78 is 9.89. The molecular formula is C36H40CuN4O4. The summed E-state index contributed by atoms with van der Waals surface area (Å²) in [6.07, 6.45) is 3.12. The minimum Gasteiger partial charge on any atom is -0.657 e. The molecule has 239 valence electrons. The monoisotopic (exact) mass is 655 g/mol. The number of nitrogens with zero attached hydrogens (tertiary/aromatic N) is 4. The van der Waals surface area contributed by atoms with Gasteiger partial charge in [0.15, 0.2) is 0 Å². The first-order valence-electron chi connectivity index (χ1n) is 15.3. The Bertz CT molecular complexity index is 1890. The van der Waals surface area contributed by atoms with Crippen molar-refractivity contribution >= 4 is 56.3 Å². The second-order valence-electron chi connectivity index (χ2n) is 11.4. The van der Waals surface area contributed by atoms with Gasteiger partial charge in [0.25, 0.3) is 0 Å². The third kappa shape index (κ3) is 6.56. The van der Waals surface area contributed by atoms with Crippen LogP contribution in [0.15, 0.2) is 24.3 Å². The predicted molar refractivity (Wildman–Crippen MR) is 175 cm³/mol. The number of carbonyl (C=O) groups is 2. The number of aromatic nitrogens is 4. The predicted octanol–water partition coefficient (Wildman–Crippen LogP) is 7.08. The molecule has 3 aromatic heterocycles. The summed E-state index contributed by atoms with van der Waals surface area (Å²) in [5, 5.41) is 0. The van der Waals surface area contributed by atoms with Crippen LogP contribution in [0.5, 0.6) is 0 Å². The molecule has 1 radical (unpaired) electrons. The van der Waals surface area contributed by atoms with Gasteiger partial charge in [-0.05, 0) is 81.7 Å². The molecule has 5 heterocycles. The Morgan fingerprint density at radius 3 is 1.44 bits per heavy atom. The molecule has 0 spiro atoms. The fraction of sp³-hybridized carbons (Fsp3) is 0.389. The zero-order valence-electron chi connectivity index (χ0n) is 27.3. The maximum Gasteiger partial charge on any atom is 2.00 e. The number of fused-ring (bicyclic) bond motifs is 8. The largest absolute Gasteiger partial charge is 2.00 e. The van der Waals surface area contributed by atoms with Crippen molar-refractivity contribution in [1.82, 2.24) is 19.9 Å². The fourth-order valence-electron chi connectivity index (χ4n) is 6.25. The molecule has 0 fully saturated rings. The molecule has 45 heavy (non-hydrogen) atoms.